The van der Waals surface area contributed by atoms with Crippen molar-refractivity contribution < 1.29 is 8.83 Å². The van der Waals surface area contributed by atoms with Crippen molar-refractivity contribution in [2.24, 2.45) is 0 Å². The number of benzene rings is 2. The number of hydrogen-bond donors (Lipinski definition) is 0. The Morgan fingerprint density at radius 3 is 2.66 bits per heavy atom. The summed E-state index contributed by atoms with van der Waals surface area (Å²) in [7, 11) is 0. The first-order chi connectivity index (χ1) is 14.0. The lowest BCUT2D eigenvalue weighted by atomic mass is 9.85. The summed E-state index contributed by atoms with van der Waals surface area (Å²) in [5.41, 5.74) is 6.03. The molecule has 0 unspecified atom stereocenters. The number of fused-ring (bicyclic) bond motifs is 5. The Kier molecular flexibility index (Phi) is 3.31. The first kappa shape index (κ1) is 16.8. The molecule has 3 nitrogen and oxygen atoms in total. The van der Waals surface area contributed by atoms with Gasteiger partial charge in [-0.25, -0.2) is 0 Å². The summed E-state index contributed by atoms with van der Waals surface area (Å²) in [5.74, 6) is 0. The quantitative estimate of drug-likeness (QED) is 0.283. The zero-order valence-corrected chi connectivity index (χ0v) is 17.3. The highest BCUT2D eigenvalue weighted by Gasteiger charge is 2.21. The average Bonchev–Trinajstić information content (AvgIpc) is 3.41. The topological polar surface area (TPSA) is 39.2 Å². The monoisotopic (exact) mass is 397 g/mol. The van der Waals surface area contributed by atoms with Gasteiger partial charge in [0, 0.05) is 27.2 Å². The molecular formula is C25H19NO2S. The van der Waals surface area contributed by atoms with Crippen molar-refractivity contribution >= 4 is 54.3 Å². The predicted octanol–water partition coefficient (Wildman–Crippen LogP) is 7.91. The minimum absolute atomic E-state index is 0.0474. The van der Waals surface area contributed by atoms with Crippen molar-refractivity contribution in [1.29, 1.82) is 0 Å². The molecule has 0 aliphatic carbocycles. The molecule has 0 atom stereocenters. The lowest BCUT2D eigenvalue weighted by Crippen LogP contribution is -2.11. The number of aromatic nitrogens is 1. The van der Waals surface area contributed by atoms with Crippen molar-refractivity contribution in [3.05, 3.63) is 65.9 Å². The van der Waals surface area contributed by atoms with Gasteiger partial charge in [0.05, 0.1) is 17.3 Å². The fourth-order valence-electron chi connectivity index (χ4n) is 4.17. The predicted molar refractivity (Wildman–Crippen MR) is 121 cm³/mol. The smallest absolute Gasteiger partial charge is 0.139 e. The van der Waals surface area contributed by atoms with Gasteiger partial charge in [-0.1, -0.05) is 20.8 Å². The lowest BCUT2D eigenvalue weighted by Gasteiger charge is -2.21. The maximum absolute atomic E-state index is 6.18. The molecule has 4 heterocycles. The van der Waals surface area contributed by atoms with Gasteiger partial charge < -0.3 is 8.83 Å². The normalized spacial score (nSPS) is 12.7. The van der Waals surface area contributed by atoms with Gasteiger partial charge in [-0.15, -0.1) is 11.3 Å². The first-order valence-electron chi connectivity index (χ1n) is 9.70. The molecule has 0 saturated carbocycles. The van der Waals surface area contributed by atoms with E-state index in [4.69, 9.17) is 13.8 Å². The average molecular weight is 397 g/mol. The molecule has 0 spiro atoms. The van der Waals surface area contributed by atoms with E-state index in [2.05, 4.69) is 50.4 Å². The molecule has 6 aromatic rings. The van der Waals surface area contributed by atoms with Crippen molar-refractivity contribution in [2.45, 2.75) is 26.2 Å². The number of hydrogen-bond acceptors (Lipinski definition) is 4. The van der Waals surface area contributed by atoms with Gasteiger partial charge in [0.25, 0.3) is 0 Å². The summed E-state index contributed by atoms with van der Waals surface area (Å²) in [5, 5.41) is 6.54. The van der Waals surface area contributed by atoms with E-state index in [1.807, 2.05) is 24.4 Å². The number of furan rings is 2. The minimum atomic E-state index is 0.0474. The fraction of sp³-hybridized carbons (Fsp3) is 0.160. The zero-order chi connectivity index (χ0) is 19.8. The van der Waals surface area contributed by atoms with Gasteiger partial charge in [-0.2, -0.15) is 0 Å². The van der Waals surface area contributed by atoms with Crippen LogP contribution in [0.2, 0.25) is 0 Å². The number of pyridine rings is 1. The highest BCUT2D eigenvalue weighted by molar-refractivity contribution is 7.17. The van der Waals surface area contributed by atoms with Gasteiger partial charge in [0.15, 0.2) is 0 Å². The standard InChI is InChI=1S/C25H19NO2S/c1-25(2,3)18-11-16(10-15-6-9-29-24(15)18)23-22-17-13-20-14(5-8-27-20)12-21(17)28-19(22)4-7-26-23/h4-13H,1-3H3. The van der Waals surface area contributed by atoms with E-state index in [0.29, 0.717) is 0 Å². The van der Waals surface area contributed by atoms with Gasteiger partial charge in [0.2, 0.25) is 0 Å². The third-order valence-corrected chi connectivity index (χ3v) is 6.55. The third-order valence-electron chi connectivity index (χ3n) is 5.59. The van der Waals surface area contributed by atoms with Crippen LogP contribution >= 0.6 is 11.3 Å². The van der Waals surface area contributed by atoms with Crippen LogP contribution < -0.4 is 0 Å². The molecule has 0 N–H and O–H groups in total. The molecule has 0 saturated heterocycles. The molecular weight excluding hydrogens is 378 g/mol. The molecule has 142 valence electrons. The molecule has 0 fully saturated rings. The van der Waals surface area contributed by atoms with E-state index < -0.39 is 0 Å². The van der Waals surface area contributed by atoms with Gasteiger partial charge >= 0.3 is 0 Å². The highest BCUT2D eigenvalue weighted by atomic mass is 32.1. The van der Waals surface area contributed by atoms with E-state index in [1.165, 1.54) is 15.6 Å². The minimum Gasteiger partial charge on any atom is -0.464 e. The zero-order valence-electron chi connectivity index (χ0n) is 16.4. The maximum Gasteiger partial charge on any atom is 0.139 e. The van der Waals surface area contributed by atoms with Gasteiger partial charge in [0.1, 0.15) is 16.7 Å². The second-order valence-electron chi connectivity index (χ2n) is 8.55. The Morgan fingerprint density at radius 2 is 1.79 bits per heavy atom. The summed E-state index contributed by atoms with van der Waals surface area (Å²) in [6.07, 6.45) is 3.55. The van der Waals surface area contributed by atoms with Crippen LogP contribution in [-0.2, 0) is 5.41 Å². The van der Waals surface area contributed by atoms with E-state index in [1.54, 1.807) is 17.6 Å². The molecule has 0 amide bonds. The number of rotatable bonds is 1. The molecule has 29 heavy (non-hydrogen) atoms. The Labute approximate surface area is 171 Å². The molecule has 4 heteroatoms. The van der Waals surface area contributed by atoms with Crippen LogP contribution in [0.15, 0.2) is 69.1 Å². The van der Waals surface area contributed by atoms with Crippen molar-refractivity contribution in [3.63, 3.8) is 0 Å². The maximum atomic E-state index is 6.18. The Bertz CT molecular complexity index is 1540. The third kappa shape index (κ3) is 2.45. The van der Waals surface area contributed by atoms with E-state index in [0.717, 1.165) is 44.2 Å². The van der Waals surface area contributed by atoms with Crippen LogP contribution in [0.5, 0.6) is 0 Å². The van der Waals surface area contributed by atoms with Crippen molar-refractivity contribution in [2.75, 3.05) is 0 Å². The second kappa shape index (κ2) is 5.71. The van der Waals surface area contributed by atoms with Crippen LogP contribution in [0.4, 0.5) is 0 Å². The van der Waals surface area contributed by atoms with Gasteiger partial charge in [-0.05, 0) is 64.2 Å². The van der Waals surface area contributed by atoms with Crippen LogP contribution in [0.1, 0.15) is 26.3 Å². The Morgan fingerprint density at radius 1 is 0.897 bits per heavy atom. The first-order valence-corrected chi connectivity index (χ1v) is 10.6. The van der Waals surface area contributed by atoms with Gasteiger partial charge in [-0.3, -0.25) is 4.98 Å². The van der Waals surface area contributed by atoms with Crippen LogP contribution in [-0.4, -0.2) is 4.98 Å². The Hall–Kier alpha value is -3.11. The lowest BCUT2D eigenvalue weighted by molar-refractivity contribution is 0.597. The van der Waals surface area contributed by atoms with Crippen LogP contribution in [0, 0.1) is 0 Å². The molecule has 4 aromatic heterocycles. The van der Waals surface area contributed by atoms with Crippen LogP contribution in [0.25, 0.3) is 54.3 Å². The van der Waals surface area contributed by atoms with Crippen LogP contribution in [0.3, 0.4) is 0 Å². The molecule has 6 rings (SSSR count). The van der Waals surface area contributed by atoms with E-state index in [9.17, 15) is 0 Å². The molecule has 0 radical (unpaired) electrons. The molecule has 0 bridgehead atoms. The molecule has 2 aromatic carbocycles. The SMILES string of the molecule is CC(C)(C)c1cc(-c2nccc3oc4cc5ccoc5cc4c23)cc2ccsc12. The van der Waals surface area contributed by atoms with Crippen molar-refractivity contribution in [1.82, 2.24) is 4.98 Å². The molecule has 0 aliphatic heterocycles. The highest BCUT2D eigenvalue weighted by Crippen LogP contribution is 2.41. The second-order valence-corrected chi connectivity index (χ2v) is 9.47. The Balaban J connectivity index is 1.72. The molecule has 0 aliphatic rings. The number of nitrogens with zero attached hydrogens (tertiary/aromatic N) is 1. The van der Waals surface area contributed by atoms with Crippen molar-refractivity contribution in [3.8, 4) is 11.3 Å². The summed E-state index contributed by atoms with van der Waals surface area (Å²) in [6.45, 7) is 6.79. The number of thiophene rings is 1. The summed E-state index contributed by atoms with van der Waals surface area (Å²) < 4.78 is 13.2. The largest absolute Gasteiger partial charge is 0.464 e. The fourth-order valence-corrected chi connectivity index (χ4v) is 5.28. The summed E-state index contributed by atoms with van der Waals surface area (Å²) >= 11 is 1.80. The van der Waals surface area contributed by atoms with E-state index >= 15 is 0 Å². The summed E-state index contributed by atoms with van der Waals surface area (Å²) in [6, 6.07) is 14.7. The summed E-state index contributed by atoms with van der Waals surface area (Å²) in [4.78, 5) is 4.79. The van der Waals surface area contributed by atoms with E-state index in [-0.39, 0.29) is 5.41 Å².